The first-order valence-corrected chi connectivity index (χ1v) is 33.0. The Labute approximate surface area is 387 Å². The third-order valence-corrected chi connectivity index (χ3v) is 26.4. The van der Waals surface area contributed by atoms with Gasteiger partial charge in [-0.15, -0.1) is 0 Å². The van der Waals surface area contributed by atoms with Crippen molar-refractivity contribution >= 4 is 54.3 Å². The number of carbonyl (C=O) groups is 2. The van der Waals surface area contributed by atoms with Gasteiger partial charge in [-0.25, -0.2) is 0 Å². The molecule has 0 spiro atoms. The van der Waals surface area contributed by atoms with Gasteiger partial charge in [0.15, 0.2) is 16.6 Å². The summed E-state index contributed by atoms with van der Waals surface area (Å²) in [7, 11) is -11.5. The van der Waals surface area contributed by atoms with Gasteiger partial charge in [0.2, 0.25) is 0 Å². The number of esters is 2. The molecule has 7 nitrogen and oxygen atoms in total. The Morgan fingerprint density at radius 2 is 0.870 bits per heavy atom. The molecule has 1 aliphatic rings. The molecule has 0 aromatic heterocycles. The van der Waals surface area contributed by atoms with Gasteiger partial charge in [0, 0.05) is 53.8 Å². The predicted octanol–water partition coefficient (Wildman–Crippen LogP) is 15.4. The summed E-state index contributed by atoms with van der Waals surface area (Å²) in [6.45, 7) is 24.4. The molecule has 0 aromatic rings. The molecule has 14 heteroatoms. The van der Waals surface area contributed by atoms with Crippen LogP contribution >= 0.6 is 0 Å². The molecule has 0 saturated carbocycles. The maximum absolute atomic E-state index is 12.1. The average Bonchev–Trinajstić information content (AvgIpc) is 3.17. The third-order valence-electron chi connectivity index (χ3n) is 8.10. The summed E-state index contributed by atoms with van der Waals surface area (Å²) in [6, 6.07) is 1.72. The van der Waals surface area contributed by atoms with Crippen LogP contribution in [0, 0.1) is 5.92 Å². The Hall–Kier alpha value is 1.86. The van der Waals surface area contributed by atoms with Crippen molar-refractivity contribution < 1.29 is 84.6 Å². The minimum Gasteiger partial charge on any atom is -0.437 e. The van der Waals surface area contributed by atoms with E-state index >= 15 is 0 Å². The van der Waals surface area contributed by atoms with Gasteiger partial charge in [-0.1, -0.05) is 155 Å². The summed E-state index contributed by atoms with van der Waals surface area (Å²) in [5.41, 5.74) is 0. The van der Waals surface area contributed by atoms with Crippen LogP contribution < -0.4 is 0 Å². The summed E-state index contributed by atoms with van der Waals surface area (Å²) in [5, 5.41) is 0. The van der Waals surface area contributed by atoms with E-state index < -0.39 is 48.3 Å². The number of rotatable bonds is 27. The van der Waals surface area contributed by atoms with Crippen LogP contribution in [-0.2, 0) is 84.6 Å². The zero-order valence-corrected chi connectivity index (χ0v) is 43.1. The molecule has 1 radical (unpaired) electrons. The van der Waals surface area contributed by atoms with E-state index in [4.69, 9.17) is 21.2 Å². The molecule has 1 fully saturated rings. The predicted molar refractivity (Wildman–Crippen MR) is 247 cm³/mol. The van der Waals surface area contributed by atoms with Gasteiger partial charge >= 0.3 is 37.6 Å². The van der Waals surface area contributed by atoms with Crippen LogP contribution in [-0.4, -0.2) is 54.3 Å². The van der Waals surface area contributed by atoms with Gasteiger partial charge in [-0.2, -0.15) is 0 Å². The molecular weight excluding hydrogens is 1010 g/mol. The SMILES string of the molecule is C.C.C.C.C.C.C.CCCCCCCCCCCCCCCC[Si](C)(O[Si](C)(C)C)O[Si](C)(CCCC1CC(=O)OC1=O)O[Si](C)(C)O[Si](C)(C)C.[W].[Y]. The van der Waals surface area contributed by atoms with E-state index in [9.17, 15) is 9.59 Å². The first kappa shape index (κ1) is 76.6. The van der Waals surface area contributed by atoms with Gasteiger partial charge in [0.1, 0.15) is 0 Å². The Bertz CT molecular complexity index is 879. The number of unbranched alkanes of at least 4 members (excludes halogenated alkanes) is 13. The number of ether oxygens (including phenoxy) is 1. The van der Waals surface area contributed by atoms with Crippen LogP contribution in [0.4, 0.5) is 0 Å². The van der Waals surface area contributed by atoms with E-state index in [1.165, 1.54) is 83.5 Å². The second kappa shape index (κ2) is 37.8. The fourth-order valence-electron chi connectivity index (χ4n) is 6.68. The molecule has 0 bridgehead atoms. The van der Waals surface area contributed by atoms with Crippen molar-refractivity contribution in [1.29, 1.82) is 0 Å². The molecule has 0 aromatic carbocycles. The normalized spacial score (nSPS) is 15.9. The molecule has 54 heavy (non-hydrogen) atoms. The van der Waals surface area contributed by atoms with E-state index in [1.54, 1.807) is 0 Å². The topological polar surface area (TPSA) is 80.3 Å². The van der Waals surface area contributed by atoms with Crippen molar-refractivity contribution in [2.24, 2.45) is 5.92 Å². The van der Waals surface area contributed by atoms with Crippen molar-refractivity contribution in [2.45, 2.75) is 246 Å². The second-order valence-corrected chi connectivity index (χ2v) is 36.3. The molecule has 0 amide bonds. The van der Waals surface area contributed by atoms with Gasteiger partial charge < -0.3 is 21.2 Å². The molecule has 1 rings (SSSR count). The second-order valence-electron chi connectivity index (χ2n) is 16.2. The van der Waals surface area contributed by atoms with Crippen LogP contribution in [0.2, 0.25) is 77.6 Å². The quantitative estimate of drug-likeness (QED) is 0.0351. The van der Waals surface area contributed by atoms with E-state index in [1.807, 2.05) is 0 Å². The first-order chi connectivity index (χ1) is 20.8. The van der Waals surface area contributed by atoms with E-state index in [0.717, 1.165) is 24.9 Å². The summed E-state index contributed by atoms with van der Waals surface area (Å²) < 4.78 is 32.6. The minimum atomic E-state index is -2.76. The van der Waals surface area contributed by atoms with Crippen molar-refractivity contribution in [3.05, 3.63) is 0 Å². The smallest absolute Gasteiger partial charge is 0.317 e. The molecule has 1 heterocycles. The number of carbonyl (C=O) groups excluding carboxylic acids is 2. The Morgan fingerprint density at radius 1 is 0.519 bits per heavy atom. The number of hydrogen-bond acceptors (Lipinski definition) is 7. The van der Waals surface area contributed by atoms with E-state index in [0.29, 0.717) is 6.42 Å². The van der Waals surface area contributed by atoms with E-state index in [-0.39, 0.29) is 124 Å². The summed E-state index contributed by atoms with van der Waals surface area (Å²) >= 11 is 0. The van der Waals surface area contributed by atoms with Gasteiger partial charge in [0.05, 0.1) is 12.3 Å². The summed E-state index contributed by atoms with van der Waals surface area (Å²) in [4.78, 5) is 23.8. The van der Waals surface area contributed by atoms with Crippen molar-refractivity contribution in [3.8, 4) is 0 Å². The van der Waals surface area contributed by atoms with Crippen LogP contribution in [0.25, 0.3) is 0 Å². The standard InChI is InChI=1S/C33H72O7Si5.7CH4.W.Y/c1-12-13-14-15-16-17-18-19-20-21-22-23-24-25-28-44(10,38-42(5,6)7)40-45(11,39-43(8,9)37-41(2,3)4)29-26-27-31-30-32(34)36-33(31)35;;;;;;;;;/h31H,12-30H2,1-11H3;7*1H4;;. The Morgan fingerprint density at radius 3 is 1.22 bits per heavy atom. The van der Waals surface area contributed by atoms with Crippen LogP contribution in [0.1, 0.15) is 168 Å². The molecule has 1 saturated heterocycles. The Balaban J connectivity index is -0.000000321. The number of hydrogen-bond donors (Lipinski definition) is 0. The maximum Gasteiger partial charge on any atom is 0.317 e. The maximum atomic E-state index is 12.1. The molecule has 0 N–H and O–H groups in total. The first-order valence-electron chi connectivity index (χ1n) is 18.3. The average molecular weight is 1110 g/mol. The van der Waals surface area contributed by atoms with Crippen molar-refractivity contribution in [3.63, 3.8) is 0 Å². The molecule has 3 atom stereocenters. The van der Waals surface area contributed by atoms with Gasteiger partial charge in [-0.05, 0) is 84.0 Å². The van der Waals surface area contributed by atoms with Crippen molar-refractivity contribution in [1.82, 2.24) is 0 Å². The zero-order valence-electron chi connectivity index (χ0n) is 32.4. The largest absolute Gasteiger partial charge is 0.437 e. The molecule has 3 unspecified atom stereocenters. The van der Waals surface area contributed by atoms with Crippen LogP contribution in [0.5, 0.6) is 0 Å². The van der Waals surface area contributed by atoms with Gasteiger partial charge in [0.25, 0.3) is 0 Å². The van der Waals surface area contributed by atoms with Gasteiger partial charge in [-0.3, -0.25) is 9.59 Å². The molecule has 0 aliphatic carbocycles. The fourth-order valence-corrected chi connectivity index (χ4v) is 30.6. The fraction of sp³-hybridized carbons (Fsp3) is 0.950. The number of cyclic esters (lactones) is 2. The molecule has 331 valence electrons. The monoisotopic (exact) mass is 1110 g/mol. The van der Waals surface area contributed by atoms with Crippen LogP contribution in [0.3, 0.4) is 0 Å². The summed E-state index contributed by atoms with van der Waals surface area (Å²) in [5.74, 6) is -1.15. The Kier molecular flexibility index (Phi) is 53.6. The van der Waals surface area contributed by atoms with Crippen molar-refractivity contribution in [2.75, 3.05) is 0 Å². The minimum absolute atomic E-state index is 0. The molecular formula is C40H100O7Si5WY. The van der Waals surface area contributed by atoms with Crippen LogP contribution in [0.15, 0.2) is 0 Å². The summed E-state index contributed by atoms with van der Waals surface area (Å²) in [6.07, 6.45) is 20.4. The third kappa shape index (κ3) is 39.3. The zero-order chi connectivity index (χ0) is 34.2. The molecule has 1 aliphatic heterocycles. The van der Waals surface area contributed by atoms with E-state index in [2.05, 4.69) is 72.4 Å².